The fraction of sp³-hybridized carbons (Fsp3) is 0.368. The Morgan fingerprint density at radius 3 is 1.86 bits per heavy atom. The molecule has 0 aromatic heterocycles. The minimum absolute atomic E-state index is 0. The Hall–Kier alpha value is -1.12. The molecular formula is C19H30FeN2. The van der Waals surface area contributed by atoms with E-state index in [9.17, 15) is 0 Å². The Morgan fingerprint density at radius 2 is 1.68 bits per heavy atom. The number of likely N-dealkylation sites (N-methyl/N-ethyl adjacent to an activating group) is 2. The van der Waals surface area contributed by atoms with Crippen LogP contribution in [0.5, 0.6) is 0 Å². The maximum Gasteiger partial charge on any atom is 2.00 e. The van der Waals surface area contributed by atoms with Gasteiger partial charge in [0.25, 0.3) is 0 Å². The molecule has 2 nitrogen and oxygen atoms in total. The van der Waals surface area contributed by atoms with Crippen molar-refractivity contribution >= 4 is 6.08 Å². The van der Waals surface area contributed by atoms with Crippen molar-refractivity contribution in [3.05, 3.63) is 66.7 Å². The molecule has 124 valence electrons. The first-order valence-corrected chi connectivity index (χ1v) is 7.29. The predicted octanol–water partition coefficient (Wildman–Crippen LogP) is 3.95. The minimum Gasteiger partial charge on any atom is -0.308 e. The molecule has 3 heteroatoms. The van der Waals surface area contributed by atoms with Crippen LogP contribution in [0, 0.1) is 0 Å². The molecular weight excluding hydrogens is 312 g/mol. The van der Waals surface area contributed by atoms with Gasteiger partial charge in [0.15, 0.2) is 0 Å². The average Bonchev–Trinajstić information content (AvgIpc) is 3.14. The van der Waals surface area contributed by atoms with Gasteiger partial charge in [-0.3, -0.25) is 0 Å². The fourth-order valence-corrected chi connectivity index (χ4v) is 1.54. The molecule has 0 saturated heterocycles. The van der Waals surface area contributed by atoms with Gasteiger partial charge in [0.2, 0.25) is 0 Å². The molecule has 2 aromatic rings. The maximum atomic E-state index is 3.60. The van der Waals surface area contributed by atoms with Crippen LogP contribution in [0.1, 0.15) is 12.5 Å². The van der Waals surface area contributed by atoms with E-state index in [1.807, 2.05) is 60.7 Å². The molecule has 0 fully saturated rings. The molecule has 22 heavy (non-hydrogen) atoms. The van der Waals surface area contributed by atoms with E-state index in [0.29, 0.717) is 6.04 Å². The second-order valence-electron chi connectivity index (χ2n) is 5.46. The smallest absolute Gasteiger partial charge is 0.308 e. The van der Waals surface area contributed by atoms with E-state index in [4.69, 9.17) is 0 Å². The molecule has 1 unspecified atom stereocenters. The van der Waals surface area contributed by atoms with Gasteiger partial charge in [-0.2, -0.15) is 42.0 Å². The first kappa shape index (κ1) is 23.1. The standard InChI is InChI=1S/C7H18N2.C7H7.C5H5.Fe/c1-7(9(4)5)6-8(2)3;1-2-7-5-3-4-6-7;1-2-4-5-3-1;/h7H,6H2,1-5H3;2-6H,1H2;1-5H;/q;2*-1;+2. The third kappa shape index (κ3) is 13.8. The van der Waals surface area contributed by atoms with Gasteiger partial charge in [0, 0.05) is 12.6 Å². The monoisotopic (exact) mass is 342 g/mol. The van der Waals surface area contributed by atoms with Crippen molar-refractivity contribution in [1.82, 2.24) is 9.80 Å². The Balaban J connectivity index is 0. The summed E-state index contributed by atoms with van der Waals surface area (Å²) in [5.41, 5.74) is 1.19. The van der Waals surface area contributed by atoms with Crippen molar-refractivity contribution in [3.8, 4) is 0 Å². The predicted molar refractivity (Wildman–Crippen MR) is 95.9 cm³/mol. The zero-order valence-electron chi connectivity index (χ0n) is 14.5. The van der Waals surface area contributed by atoms with Crippen molar-refractivity contribution in [2.45, 2.75) is 13.0 Å². The maximum absolute atomic E-state index is 3.60. The summed E-state index contributed by atoms with van der Waals surface area (Å²) in [7, 11) is 8.41. The normalized spacial score (nSPS) is 10.7. The Bertz CT molecular complexity index is 399. The topological polar surface area (TPSA) is 6.48 Å². The number of hydrogen-bond acceptors (Lipinski definition) is 2. The quantitative estimate of drug-likeness (QED) is 0.613. The van der Waals surface area contributed by atoms with Crippen molar-refractivity contribution in [1.29, 1.82) is 0 Å². The molecule has 0 bridgehead atoms. The van der Waals surface area contributed by atoms with Crippen LogP contribution in [0.2, 0.25) is 0 Å². The summed E-state index contributed by atoms with van der Waals surface area (Å²) in [6.45, 7) is 6.96. The van der Waals surface area contributed by atoms with E-state index in [0.717, 1.165) is 6.54 Å². The summed E-state index contributed by atoms with van der Waals surface area (Å²) in [4.78, 5) is 4.42. The van der Waals surface area contributed by atoms with Crippen molar-refractivity contribution in [2.24, 2.45) is 0 Å². The molecule has 2 aromatic carbocycles. The van der Waals surface area contributed by atoms with Gasteiger partial charge in [-0.15, -0.1) is 18.7 Å². The molecule has 0 heterocycles. The zero-order valence-corrected chi connectivity index (χ0v) is 15.6. The summed E-state index contributed by atoms with van der Waals surface area (Å²) in [6.07, 6.45) is 1.83. The number of nitrogens with zero attached hydrogens (tertiary/aromatic N) is 2. The molecule has 0 saturated carbocycles. The van der Waals surface area contributed by atoms with Crippen LogP contribution in [-0.2, 0) is 17.1 Å². The van der Waals surface area contributed by atoms with Gasteiger partial charge in [0.1, 0.15) is 0 Å². The van der Waals surface area contributed by atoms with E-state index in [2.05, 4.69) is 51.5 Å². The summed E-state index contributed by atoms with van der Waals surface area (Å²) >= 11 is 0. The van der Waals surface area contributed by atoms with Crippen LogP contribution >= 0.6 is 0 Å². The second-order valence-corrected chi connectivity index (χ2v) is 5.46. The average molecular weight is 342 g/mol. The Morgan fingerprint density at radius 1 is 1.09 bits per heavy atom. The van der Waals surface area contributed by atoms with Gasteiger partial charge in [-0.1, -0.05) is 0 Å². The van der Waals surface area contributed by atoms with E-state index in [-0.39, 0.29) is 17.1 Å². The molecule has 0 aliphatic rings. The van der Waals surface area contributed by atoms with Crippen molar-refractivity contribution < 1.29 is 17.1 Å². The largest absolute Gasteiger partial charge is 2.00 e. The van der Waals surface area contributed by atoms with Gasteiger partial charge < -0.3 is 9.80 Å². The molecule has 0 amide bonds. The molecule has 1 atom stereocenters. The van der Waals surface area contributed by atoms with Crippen LogP contribution in [-0.4, -0.2) is 50.6 Å². The molecule has 0 radical (unpaired) electrons. The number of hydrogen-bond donors (Lipinski definition) is 0. The van der Waals surface area contributed by atoms with Gasteiger partial charge in [-0.05, 0) is 35.1 Å². The SMILES string of the molecule is C=Cc1ccc[cH-]1.CC(CN(C)C)N(C)C.[Fe+2].c1cc[cH-]c1. The summed E-state index contributed by atoms with van der Waals surface area (Å²) < 4.78 is 0. The van der Waals surface area contributed by atoms with Gasteiger partial charge in [0.05, 0.1) is 0 Å². The van der Waals surface area contributed by atoms with Gasteiger partial charge in [-0.25, -0.2) is 12.1 Å². The van der Waals surface area contributed by atoms with Crippen LogP contribution < -0.4 is 0 Å². The Labute approximate surface area is 147 Å². The van der Waals surface area contributed by atoms with Crippen molar-refractivity contribution in [3.63, 3.8) is 0 Å². The molecule has 0 N–H and O–H groups in total. The van der Waals surface area contributed by atoms with Gasteiger partial charge >= 0.3 is 17.1 Å². The molecule has 0 spiro atoms. The Kier molecular flexibility index (Phi) is 15.6. The first-order valence-electron chi connectivity index (χ1n) is 7.29. The van der Waals surface area contributed by atoms with E-state index >= 15 is 0 Å². The van der Waals surface area contributed by atoms with E-state index in [1.165, 1.54) is 5.56 Å². The van der Waals surface area contributed by atoms with E-state index < -0.39 is 0 Å². The molecule has 0 aliphatic heterocycles. The van der Waals surface area contributed by atoms with E-state index in [1.54, 1.807) is 0 Å². The van der Waals surface area contributed by atoms with Crippen molar-refractivity contribution in [2.75, 3.05) is 34.7 Å². The summed E-state index contributed by atoms with van der Waals surface area (Å²) in [5.74, 6) is 0. The first-order chi connectivity index (χ1) is 9.97. The van der Waals surface area contributed by atoms with Crippen LogP contribution in [0.15, 0.2) is 61.2 Å². The van der Waals surface area contributed by atoms with Crippen LogP contribution in [0.25, 0.3) is 6.08 Å². The molecule has 2 rings (SSSR count). The molecule has 0 aliphatic carbocycles. The van der Waals surface area contributed by atoms with Crippen LogP contribution in [0.3, 0.4) is 0 Å². The summed E-state index contributed by atoms with van der Waals surface area (Å²) in [5, 5.41) is 0. The number of rotatable bonds is 4. The third-order valence-electron chi connectivity index (χ3n) is 2.99. The zero-order chi connectivity index (χ0) is 16.1. The third-order valence-corrected chi connectivity index (χ3v) is 2.99. The summed E-state index contributed by atoms with van der Waals surface area (Å²) in [6, 6.07) is 18.7. The van der Waals surface area contributed by atoms with Crippen LogP contribution in [0.4, 0.5) is 0 Å². The minimum atomic E-state index is 0. The fourth-order valence-electron chi connectivity index (χ4n) is 1.54. The second kappa shape index (κ2) is 14.8.